The first kappa shape index (κ1) is 10.7. The molecule has 0 N–H and O–H groups in total. The van der Waals surface area contributed by atoms with Crippen molar-refractivity contribution < 1.29 is 9.63 Å². The quantitative estimate of drug-likeness (QED) is 0.756. The summed E-state index contributed by atoms with van der Waals surface area (Å²) in [6.07, 6.45) is 0.418. The summed E-state index contributed by atoms with van der Waals surface area (Å²) in [5.74, 6) is -0.0848. The van der Waals surface area contributed by atoms with Gasteiger partial charge in [0, 0.05) is 20.5 Å². The van der Waals surface area contributed by atoms with E-state index in [0.29, 0.717) is 12.1 Å². The summed E-state index contributed by atoms with van der Waals surface area (Å²) in [5.41, 5.74) is 1.53. The monoisotopic (exact) mass is 218 g/mol. The summed E-state index contributed by atoms with van der Waals surface area (Å²) in [5, 5.41) is 3.84. The molecule has 1 aromatic rings. The van der Waals surface area contributed by atoms with E-state index in [1.165, 1.54) is 4.90 Å². The third-order valence-corrected chi connectivity index (χ3v) is 2.49. The number of amides is 1. The minimum atomic E-state index is -0.125. The molecule has 4 heteroatoms. The minimum Gasteiger partial charge on any atom is -0.387 e. The van der Waals surface area contributed by atoms with Crippen LogP contribution in [0.5, 0.6) is 0 Å². The summed E-state index contributed by atoms with van der Waals surface area (Å²) in [7, 11) is 3.42. The molecular weight excluding hydrogens is 204 g/mol. The number of carbonyl (C=O) groups excluding carboxylic acids is 1. The van der Waals surface area contributed by atoms with Gasteiger partial charge in [0.2, 0.25) is 0 Å². The lowest BCUT2D eigenvalue weighted by Crippen LogP contribution is -2.29. The third-order valence-electron chi connectivity index (χ3n) is 2.49. The first-order valence-electron chi connectivity index (χ1n) is 5.18. The van der Waals surface area contributed by atoms with Gasteiger partial charge in [0.05, 0.1) is 0 Å². The molecule has 4 nitrogen and oxygen atoms in total. The van der Waals surface area contributed by atoms with Crippen molar-refractivity contribution in [2.75, 3.05) is 14.1 Å². The molecule has 0 fully saturated rings. The standard InChI is InChI=1S/C12H14N2O2/c1-14(2)12(15)10-8-11(16-13-10)9-6-4-3-5-7-9/h3-7,11H,8H2,1-2H3/t11-/m1/s1. The Morgan fingerprint density at radius 2 is 2.06 bits per heavy atom. The van der Waals surface area contributed by atoms with Crippen molar-refractivity contribution in [3.8, 4) is 0 Å². The molecular formula is C12H14N2O2. The molecule has 84 valence electrons. The van der Waals surface area contributed by atoms with Gasteiger partial charge in [0.25, 0.3) is 5.91 Å². The number of hydrogen-bond acceptors (Lipinski definition) is 3. The maximum atomic E-state index is 11.6. The second-order valence-corrected chi connectivity index (χ2v) is 3.95. The highest BCUT2D eigenvalue weighted by Gasteiger charge is 2.27. The maximum absolute atomic E-state index is 11.6. The lowest BCUT2D eigenvalue weighted by Gasteiger charge is -2.09. The van der Waals surface area contributed by atoms with Gasteiger partial charge in [-0.05, 0) is 5.56 Å². The zero-order chi connectivity index (χ0) is 11.5. The van der Waals surface area contributed by atoms with E-state index in [9.17, 15) is 4.79 Å². The predicted molar refractivity (Wildman–Crippen MR) is 61.0 cm³/mol. The maximum Gasteiger partial charge on any atom is 0.271 e. The molecule has 0 spiro atoms. The summed E-state index contributed by atoms with van der Waals surface area (Å²) in [6, 6.07) is 9.80. The Labute approximate surface area is 94.5 Å². The topological polar surface area (TPSA) is 41.9 Å². The fourth-order valence-corrected chi connectivity index (χ4v) is 1.61. The Morgan fingerprint density at radius 3 is 2.69 bits per heavy atom. The van der Waals surface area contributed by atoms with Crippen molar-refractivity contribution in [1.29, 1.82) is 0 Å². The fourth-order valence-electron chi connectivity index (χ4n) is 1.61. The fraction of sp³-hybridized carbons (Fsp3) is 0.333. The van der Waals surface area contributed by atoms with Gasteiger partial charge in [0.15, 0.2) is 6.10 Å². The van der Waals surface area contributed by atoms with Crippen molar-refractivity contribution in [3.05, 3.63) is 35.9 Å². The largest absolute Gasteiger partial charge is 0.387 e. The van der Waals surface area contributed by atoms with Crippen molar-refractivity contribution in [2.24, 2.45) is 5.16 Å². The number of nitrogens with zero attached hydrogens (tertiary/aromatic N) is 2. The SMILES string of the molecule is CN(C)C(=O)C1=NO[C@@H](c2ccccc2)C1. The first-order chi connectivity index (χ1) is 7.68. The number of oxime groups is 1. The first-order valence-corrected chi connectivity index (χ1v) is 5.18. The van der Waals surface area contributed by atoms with E-state index < -0.39 is 0 Å². The van der Waals surface area contributed by atoms with E-state index in [0.717, 1.165) is 5.56 Å². The van der Waals surface area contributed by atoms with Crippen LogP contribution in [-0.4, -0.2) is 30.6 Å². The minimum absolute atomic E-state index is 0.0848. The highest BCUT2D eigenvalue weighted by atomic mass is 16.6. The smallest absolute Gasteiger partial charge is 0.271 e. The molecule has 0 bridgehead atoms. The van der Waals surface area contributed by atoms with E-state index in [1.807, 2.05) is 30.3 Å². The number of carbonyl (C=O) groups is 1. The van der Waals surface area contributed by atoms with Gasteiger partial charge in [0.1, 0.15) is 5.71 Å². The van der Waals surface area contributed by atoms with E-state index in [2.05, 4.69) is 5.16 Å². The summed E-state index contributed by atoms with van der Waals surface area (Å²) < 4.78 is 0. The van der Waals surface area contributed by atoms with E-state index in [-0.39, 0.29) is 12.0 Å². The van der Waals surface area contributed by atoms with Crippen molar-refractivity contribution in [3.63, 3.8) is 0 Å². The molecule has 1 aliphatic rings. The Kier molecular flexibility index (Phi) is 2.90. The van der Waals surface area contributed by atoms with Crippen LogP contribution in [0.4, 0.5) is 0 Å². The van der Waals surface area contributed by atoms with Crippen LogP contribution in [0.15, 0.2) is 35.5 Å². The lowest BCUT2D eigenvalue weighted by atomic mass is 10.0. The van der Waals surface area contributed by atoms with Crippen LogP contribution in [-0.2, 0) is 9.63 Å². The number of rotatable bonds is 2. The average Bonchev–Trinajstić information content (AvgIpc) is 2.78. The average molecular weight is 218 g/mol. The van der Waals surface area contributed by atoms with Gasteiger partial charge in [-0.3, -0.25) is 4.79 Å². The van der Waals surface area contributed by atoms with Crippen LogP contribution >= 0.6 is 0 Å². The summed E-state index contributed by atoms with van der Waals surface area (Å²) >= 11 is 0. The second kappa shape index (κ2) is 4.35. The predicted octanol–water partition coefficient (Wildman–Crippen LogP) is 1.59. The molecule has 0 saturated heterocycles. The molecule has 1 aliphatic heterocycles. The molecule has 2 rings (SSSR count). The zero-order valence-electron chi connectivity index (χ0n) is 9.38. The van der Waals surface area contributed by atoms with Crippen LogP contribution in [0.25, 0.3) is 0 Å². The second-order valence-electron chi connectivity index (χ2n) is 3.95. The molecule has 1 heterocycles. The highest BCUT2D eigenvalue weighted by Crippen LogP contribution is 2.27. The molecule has 0 saturated carbocycles. The molecule has 0 aromatic heterocycles. The number of hydrogen-bond donors (Lipinski definition) is 0. The van der Waals surface area contributed by atoms with E-state index in [4.69, 9.17) is 4.84 Å². The molecule has 1 atom stereocenters. The molecule has 1 amide bonds. The van der Waals surface area contributed by atoms with Crippen LogP contribution in [0.3, 0.4) is 0 Å². The third kappa shape index (κ3) is 2.05. The van der Waals surface area contributed by atoms with Crippen molar-refractivity contribution in [1.82, 2.24) is 4.90 Å². The lowest BCUT2D eigenvalue weighted by molar-refractivity contribution is -0.121. The zero-order valence-corrected chi connectivity index (χ0v) is 9.38. The van der Waals surface area contributed by atoms with E-state index in [1.54, 1.807) is 14.1 Å². The van der Waals surface area contributed by atoms with Gasteiger partial charge in [-0.2, -0.15) is 0 Å². The van der Waals surface area contributed by atoms with Gasteiger partial charge < -0.3 is 9.74 Å². The highest BCUT2D eigenvalue weighted by molar-refractivity contribution is 6.38. The number of benzene rings is 1. The molecule has 0 radical (unpaired) electrons. The molecule has 16 heavy (non-hydrogen) atoms. The van der Waals surface area contributed by atoms with Gasteiger partial charge in [-0.25, -0.2) is 0 Å². The van der Waals surface area contributed by atoms with Gasteiger partial charge in [-0.15, -0.1) is 0 Å². The molecule has 1 aromatic carbocycles. The molecule has 0 aliphatic carbocycles. The van der Waals surface area contributed by atoms with E-state index >= 15 is 0 Å². The normalized spacial score (nSPS) is 18.9. The van der Waals surface area contributed by atoms with Gasteiger partial charge in [-0.1, -0.05) is 35.5 Å². The van der Waals surface area contributed by atoms with Crippen LogP contribution in [0.2, 0.25) is 0 Å². The Bertz CT molecular complexity index is 412. The Balaban J connectivity index is 2.05. The van der Waals surface area contributed by atoms with Crippen LogP contribution in [0.1, 0.15) is 18.1 Å². The van der Waals surface area contributed by atoms with Crippen LogP contribution < -0.4 is 0 Å². The Morgan fingerprint density at radius 1 is 1.38 bits per heavy atom. The summed E-state index contributed by atoms with van der Waals surface area (Å²) in [4.78, 5) is 18.4. The Hall–Kier alpha value is -1.84. The van der Waals surface area contributed by atoms with Crippen molar-refractivity contribution in [2.45, 2.75) is 12.5 Å². The van der Waals surface area contributed by atoms with Crippen LogP contribution in [0, 0.1) is 0 Å². The van der Waals surface area contributed by atoms with Gasteiger partial charge >= 0.3 is 0 Å². The summed E-state index contributed by atoms with van der Waals surface area (Å²) in [6.45, 7) is 0. The van der Waals surface area contributed by atoms with Crippen molar-refractivity contribution >= 4 is 11.6 Å². The molecule has 0 unspecified atom stereocenters.